The molecule has 1 aromatic rings. The number of hydrogen-bond donors (Lipinski definition) is 1. The highest BCUT2D eigenvalue weighted by atomic mass is 16.5. The minimum absolute atomic E-state index is 0.235. The first-order valence-corrected chi connectivity index (χ1v) is 5.98. The molecule has 0 radical (unpaired) electrons. The molecule has 0 fully saturated rings. The van der Waals surface area contributed by atoms with Gasteiger partial charge in [0, 0.05) is 31.4 Å². The Hall–Kier alpha value is -1.48. The maximum absolute atomic E-state index is 5.86. The molecule has 2 rings (SSSR count). The molecule has 0 aromatic heterocycles. The smallest absolute Gasteiger partial charge is 0.120 e. The van der Waals surface area contributed by atoms with Crippen LogP contribution in [-0.2, 0) is 0 Å². The third-order valence-corrected chi connectivity index (χ3v) is 3.21. The summed E-state index contributed by atoms with van der Waals surface area (Å²) in [5.74, 6) is 1.45. The lowest BCUT2D eigenvalue weighted by molar-refractivity contribution is 0.414. The van der Waals surface area contributed by atoms with Crippen LogP contribution in [-0.4, -0.2) is 26.7 Å². The van der Waals surface area contributed by atoms with Gasteiger partial charge in [0.05, 0.1) is 7.11 Å². The van der Waals surface area contributed by atoms with Crippen LogP contribution in [0.3, 0.4) is 0 Å². The summed E-state index contributed by atoms with van der Waals surface area (Å²) < 4.78 is 5.23. The molecule has 3 nitrogen and oxygen atoms in total. The molecule has 2 N–H and O–H groups in total. The average molecular weight is 232 g/mol. The first-order chi connectivity index (χ1) is 8.19. The van der Waals surface area contributed by atoms with E-state index in [0.717, 1.165) is 18.7 Å². The van der Waals surface area contributed by atoms with Gasteiger partial charge in [-0.15, -0.1) is 0 Å². The van der Waals surface area contributed by atoms with Gasteiger partial charge in [-0.1, -0.05) is 18.2 Å². The molecular formula is C14H20N2O. The van der Waals surface area contributed by atoms with Crippen molar-refractivity contribution in [1.29, 1.82) is 0 Å². The van der Waals surface area contributed by atoms with Crippen LogP contribution in [0.4, 0.5) is 5.69 Å². The Kier molecular flexibility index (Phi) is 3.69. The molecule has 1 aromatic carbocycles. The molecule has 3 heteroatoms. The fourth-order valence-electron chi connectivity index (χ4n) is 2.25. The molecule has 17 heavy (non-hydrogen) atoms. The van der Waals surface area contributed by atoms with Gasteiger partial charge in [0.1, 0.15) is 5.75 Å². The Balaban J connectivity index is 1.99. The third-order valence-electron chi connectivity index (χ3n) is 3.21. The monoisotopic (exact) mass is 232 g/mol. The Morgan fingerprint density at radius 3 is 2.88 bits per heavy atom. The maximum Gasteiger partial charge on any atom is 0.120 e. The lowest BCUT2D eigenvalue weighted by Crippen LogP contribution is -2.25. The second-order valence-electron chi connectivity index (χ2n) is 4.63. The van der Waals surface area contributed by atoms with Crippen LogP contribution in [0.5, 0.6) is 5.75 Å². The summed E-state index contributed by atoms with van der Waals surface area (Å²) in [6, 6.07) is 8.36. The van der Waals surface area contributed by atoms with Crippen molar-refractivity contribution in [1.82, 2.24) is 0 Å². The van der Waals surface area contributed by atoms with Gasteiger partial charge in [-0.05, 0) is 24.5 Å². The Morgan fingerprint density at radius 1 is 1.41 bits per heavy atom. The first kappa shape index (κ1) is 12.0. The summed E-state index contributed by atoms with van der Waals surface area (Å²) in [7, 11) is 3.80. The summed E-state index contributed by atoms with van der Waals surface area (Å²) in [6.45, 7) is 0.997. The molecule has 0 spiro atoms. The molecule has 0 amide bonds. The zero-order valence-corrected chi connectivity index (χ0v) is 10.5. The van der Waals surface area contributed by atoms with E-state index in [1.807, 2.05) is 12.1 Å². The summed E-state index contributed by atoms with van der Waals surface area (Å²) >= 11 is 0. The topological polar surface area (TPSA) is 38.5 Å². The average Bonchev–Trinajstić information content (AvgIpc) is 2.75. The maximum atomic E-state index is 5.86. The van der Waals surface area contributed by atoms with Crippen molar-refractivity contribution < 1.29 is 4.74 Å². The summed E-state index contributed by atoms with van der Waals surface area (Å²) in [5, 5.41) is 0. The lowest BCUT2D eigenvalue weighted by atomic mass is 10.1. The summed E-state index contributed by atoms with van der Waals surface area (Å²) in [4.78, 5) is 2.25. The number of ether oxygens (including phenoxy) is 1. The fraction of sp³-hybridized carbons (Fsp3) is 0.429. The number of methoxy groups -OCH3 is 1. The minimum Gasteiger partial charge on any atom is -0.497 e. The predicted molar refractivity (Wildman–Crippen MR) is 71.5 cm³/mol. The first-order valence-electron chi connectivity index (χ1n) is 5.98. The van der Waals surface area contributed by atoms with Crippen LogP contribution in [0, 0.1) is 5.92 Å². The zero-order valence-electron chi connectivity index (χ0n) is 10.5. The van der Waals surface area contributed by atoms with E-state index in [-0.39, 0.29) is 6.04 Å². The van der Waals surface area contributed by atoms with E-state index in [4.69, 9.17) is 10.5 Å². The van der Waals surface area contributed by atoms with Crippen LogP contribution < -0.4 is 15.4 Å². The molecular weight excluding hydrogens is 212 g/mol. The quantitative estimate of drug-likeness (QED) is 0.807. The highest BCUT2D eigenvalue weighted by Crippen LogP contribution is 2.23. The Morgan fingerprint density at radius 2 is 2.24 bits per heavy atom. The van der Waals surface area contributed by atoms with Crippen LogP contribution in [0.2, 0.25) is 0 Å². The van der Waals surface area contributed by atoms with Gasteiger partial charge >= 0.3 is 0 Å². The second kappa shape index (κ2) is 5.23. The van der Waals surface area contributed by atoms with Gasteiger partial charge in [-0.2, -0.15) is 0 Å². The third kappa shape index (κ3) is 3.01. The van der Waals surface area contributed by atoms with Crippen molar-refractivity contribution in [2.24, 2.45) is 11.7 Å². The van der Waals surface area contributed by atoms with Crippen molar-refractivity contribution >= 4 is 5.69 Å². The van der Waals surface area contributed by atoms with E-state index in [2.05, 4.69) is 36.2 Å². The van der Waals surface area contributed by atoms with Gasteiger partial charge in [0.25, 0.3) is 0 Å². The predicted octanol–water partition coefficient (Wildman–Crippen LogP) is 2.03. The Labute approximate surface area is 103 Å². The van der Waals surface area contributed by atoms with E-state index in [0.29, 0.717) is 5.92 Å². The highest BCUT2D eigenvalue weighted by Gasteiger charge is 2.17. The summed E-state index contributed by atoms with van der Waals surface area (Å²) in [5.41, 5.74) is 7.04. The van der Waals surface area contributed by atoms with Gasteiger partial charge in [0.15, 0.2) is 0 Å². The van der Waals surface area contributed by atoms with Gasteiger partial charge < -0.3 is 15.4 Å². The second-order valence-corrected chi connectivity index (χ2v) is 4.63. The SMILES string of the molecule is COc1cccc(N(C)CC2C=CC(N)C2)c1. The lowest BCUT2D eigenvalue weighted by Gasteiger charge is -2.23. The molecule has 0 saturated carbocycles. The van der Waals surface area contributed by atoms with Crippen LogP contribution in [0.1, 0.15) is 6.42 Å². The van der Waals surface area contributed by atoms with Crippen molar-refractivity contribution in [3.05, 3.63) is 36.4 Å². The largest absolute Gasteiger partial charge is 0.497 e. The van der Waals surface area contributed by atoms with Crippen LogP contribution in [0.15, 0.2) is 36.4 Å². The van der Waals surface area contributed by atoms with E-state index < -0.39 is 0 Å². The Bertz CT molecular complexity index is 403. The van der Waals surface area contributed by atoms with E-state index in [1.54, 1.807) is 7.11 Å². The molecule has 0 heterocycles. The zero-order chi connectivity index (χ0) is 12.3. The summed E-state index contributed by atoms with van der Waals surface area (Å²) in [6.07, 6.45) is 5.37. The molecule has 2 atom stereocenters. The van der Waals surface area contributed by atoms with Crippen molar-refractivity contribution in [2.45, 2.75) is 12.5 Å². The van der Waals surface area contributed by atoms with E-state index in [9.17, 15) is 0 Å². The van der Waals surface area contributed by atoms with Gasteiger partial charge in [0.2, 0.25) is 0 Å². The number of rotatable bonds is 4. The molecule has 92 valence electrons. The molecule has 0 aliphatic heterocycles. The van der Waals surface area contributed by atoms with Gasteiger partial charge in [-0.25, -0.2) is 0 Å². The number of hydrogen-bond acceptors (Lipinski definition) is 3. The highest BCUT2D eigenvalue weighted by molar-refractivity contribution is 5.50. The number of nitrogens with two attached hydrogens (primary N) is 1. The van der Waals surface area contributed by atoms with Crippen molar-refractivity contribution in [3.8, 4) is 5.75 Å². The molecule has 1 aliphatic carbocycles. The fourth-order valence-corrected chi connectivity index (χ4v) is 2.25. The molecule has 2 unspecified atom stereocenters. The molecule has 1 aliphatic rings. The van der Waals surface area contributed by atoms with Gasteiger partial charge in [-0.3, -0.25) is 0 Å². The molecule has 0 saturated heterocycles. The normalized spacial score (nSPS) is 22.8. The standard InChI is InChI=1S/C14H20N2O/c1-16(10-11-6-7-12(15)8-11)13-4-3-5-14(9-13)17-2/h3-7,9,11-12H,8,10,15H2,1-2H3. The number of anilines is 1. The van der Waals surface area contributed by atoms with Crippen LogP contribution >= 0.6 is 0 Å². The van der Waals surface area contributed by atoms with Crippen LogP contribution in [0.25, 0.3) is 0 Å². The number of nitrogens with zero attached hydrogens (tertiary/aromatic N) is 1. The van der Waals surface area contributed by atoms with Crippen molar-refractivity contribution in [3.63, 3.8) is 0 Å². The van der Waals surface area contributed by atoms with E-state index in [1.165, 1.54) is 5.69 Å². The minimum atomic E-state index is 0.235. The molecule has 0 bridgehead atoms. The van der Waals surface area contributed by atoms with Crippen molar-refractivity contribution in [2.75, 3.05) is 25.6 Å². The number of benzene rings is 1. The van der Waals surface area contributed by atoms with E-state index >= 15 is 0 Å².